The van der Waals surface area contributed by atoms with Crippen LogP contribution in [0.1, 0.15) is 27.2 Å². The number of rotatable bonds is 9. The summed E-state index contributed by atoms with van der Waals surface area (Å²) in [5.74, 6) is -0.328. The highest BCUT2D eigenvalue weighted by Crippen LogP contribution is 2.23. The molecule has 9 heteroatoms. The van der Waals surface area contributed by atoms with E-state index in [-0.39, 0.29) is 31.4 Å². The summed E-state index contributed by atoms with van der Waals surface area (Å²) in [4.78, 5) is 27.9. The van der Waals surface area contributed by atoms with Gasteiger partial charge in [0.25, 0.3) is 11.8 Å². The Labute approximate surface area is 189 Å². The predicted molar refractivity (Wildman–Crippen MR) is 117 cm³/mol. The van der Waals surface area contributed by atoms with Crippen LogP contribution in [0.4, 0.5) is 0 Å². The van der Waals surface area contributed by atoms with Crippen LogP contribution in [0.25, 0.3) is 0 Å². The van der Waals surface area contributed by atoms with Crippen molar-refractivity contribution < 1.29 is 19.1 Å². The molecule has 0 fully saturated rings. The molecule has 3 rings (SSSR count). The average molecular weight is 451 g/mol. The predicted octanol–water partition coefficient (Wildman–Crippen LogP) is 2.98. The molecule has 1 aromatic heterocycles. The Morgan fingerprint density at radius 3 is 2.69 bits per heavy atom. The Morgan fingerprint density at radius 1 is 1.12 bits per heavy atom. The van der Waals surface area contributed by atoms with E-state index in [9.17, 15) is 9.59 Å². The van der Waals surface area contributed by atoms with E-state index in [1.165, 1.54) is 12.1 Å². The molecule has 0 aliphatic rings. The zero-order valence-electron chi connectivity index (χ0n) is 16.9. The highest BCUT2D eigenvalue weighted by molar-refractivity contribution is 6.31. The van der Waals surface area contributed by atoms with Crippen molar-refractivity contribution in [3.8, 4) is 17.6 Å². The Balaban J connectivity index is 1.69. The van der Waals surface area contributed by atoms with Crippen molar-refractivity contribution >= 4 is 23.4 Å². The van der Waals surface area contributed by atoms with Gasteiger partial charge in [0.15, 0.2) is 6.61 Å². The summed E-state index contributed by atoms with van der Waals surface area (Å²) in [6.45, 7) is -0.0234. The molecule has 0 unspecified atom stereocenters. The molecule has 0 saturated heterocycles. The molecular weight excluding hydrogens is 432 g/mol. The molecule has 2 aromatic carbocycles. The largest absolute Gasteiger partial charge is 0.487 e. The van der Waals surface area contributed by atoms with Crippen LogP contribution in [0.3, 0.4) is 0 Å². The molecule has 3 N–H and O–H groups in total. The van der Waals surface area contributed by atoms with Crippen LogP contribution >= 0.6 is 11.6 Å². The summed E-state index contributed by atoms with van der Waals surface area (Å²) in [6, 6.07) is 16.9. The summed E-state index contributed by atoms with van der Waals surface area (Å²) in [5.41, 5.74) is 7.10. The monoisotopic (exact) mass is 450 g/mol. The van der Waals surface area contributed by atoms with Gasteiger partial charge in [-0.3, -0.25) is 14.6 Å². The first-order chi connectivity index (χ1) is 15.4. The Kier molecular flexibility index (Phi) is 7.62. The first kappa shape index (κ1) is 22.6. The van der Waals surface area contributed by atoms with Crippen molar-refractivity contribution in [1.82, 2.24) is 10.3 Å². The summed E-state index contributed by atoms with van der Waals surface area (Å²) in [5, 5.41) is 12.2. The lowest BCUT2D eigenvalue weighted by Crippen LogP contribution is -2.24. The molecule has 0 aliphatic heterocycles. The van der Waals surface area contributed by atoms with Gasteiger partial charge in [-0.1, -0.05) is 23.7 Å². The number of benzene rings is 2. The Hall–Kier alpha value is -4.09. The summed E-state index contributed by atoms with van der Waals surface area (Å²) < 4.78 is 11.1. The standard InChI is InChI=1S/C23H19ClN4O4/c24-18-8-17(9-20(10-18)31-13-19-3-1-2-6-27-19)23(30)28-12-16-5-4-15(11-25)7-21(16)32-14-22(26)29/h1-10H,12-14H2,(H2,26,29)(H,28,30). The average Bonchev–Trinajstić information content (AvgIpc) is 2.80. The van der Waals surface area contributed by atoms with Crippen molar-refractivity contribution in [2.24, 2.45) is 5.73 Å². The van der Waals surface area contributed by atoms with Gasteiger partial charge < -0.3 is 20.5 Å². The fourth-order valence-electron chi connectivity index (χ4n) is 2.75. The fourth-order valence-corrected chi connectivity index (χ4v) is 2.97. The summed E-state index contributed by atoms with van der Waals surface area (Å²) in [6.07, 6.45) is 1.67. The van der Waals surface area contributed by atoms with Crippen LogP contribution in [0.5, 0.6) is 11.5 Å². The summed E-state index contributed by atoms with van der Waals surface area (Å²) >= 11 is 6.15. The number of nitrogens with two attached hydrogens (primary N) is 1. The second kappa shape index (κ2) is 10.8. The molecule has 0 atom stereocenters. The molecule has 1 heterocycles. The number of aromatic nitrogens is 1. The molecule has 32 heavy (non-hydrogen) atoms. The van der Waals surface area contributed by atoms with E-state index in [2.05, 4.69) is 10.3 Å². The van der Waals surface area contributed by atoms with Gasteiger partial charge in [-0.25, -0.2) is 0 Å². The third-order valence-corrected chi connectivity index (χ3v) is 4.47. The van der Waals surface area contributed by atoms with Crippen LogP contribution in [0, 0.1) is 11.3 Å². The van der Waals surface area contributed by atoms with E-state index < -0.39 is 5.91 Å². The number of pyridine rings is 1. The van der Waals surface area contributed by atoms with Crippen LogP contribution in [0.15, 0.2) is 60.8 Å². The van der Waals surface area contributed by atoms with Gasteiger partial charge in [-0.05, 0) is 42.5 Å². The van der Waals surface area contributed by atoms with E-state index in [1.54, 1.807) is 30.5 Å². The quantitative estimate of drug-likeness (QED) is 0.515. The van der Waals surface area contributed by atoms with Crippen molar-refractivity contribution in [3.63, 3.8) is 0 Å². The zero-order valence-corrected chi connectivity index (χ0v) is 17.6. The molecule has 2 amide bonds. The Bertz CT molecular complexity index is 1160. The maximum Gasteiger partial charge on any atom is 0.255 e. The third kappa shape index (κ3) is 6.45. The lowest BCUT2D eigenvalue weighted by atomic mass is 10.1. The van der Waals surface area contributed by atoms with Crippen molar-refractivity contribution in [2.75, 3.05) is 6.61 Å². The number of hydrogen-bond acceptors (Lipinski definition) is 6. The maximum absolute atomic E-state index is 12.7. The minimum atomic E-state index is -0.653. The number of carbonyl (C=O) groups is 2. The van der Waals surface area contributed by atoms with Crippen LogP contribution in [0.2, 0.25) is 5.02 Å². The minimum absolute atomic E-state index is 0.0925. The number of amides is 2. The second-order valence-corrected chi connectivity index (χ2v) is 7.09. The van der Waals surface area contributed by atoms with E-state index in [4.69, 9.17) is 32.1 Å². The van der Waals surface area contributed by atoms with E-state index >= 15 is 0 Å². The lowest BCUT2D eigenvalue weighted by molar-refractivity contribution is -0.119. The SMILES string of the molecule is N#Cc1ccc(CNC(=O)c2cc(Cl)cc(OCc3ccccn3)c2)c(OCC(N)=O)c1. The number of primary amides is 1. The number of ether oxygens (including phenoxy) is 2. The molecule has 0 aliphatic carbocycles. The fraction of sp³-hybridized carbons (Fsp3) is 0.130. The van der Waals surface area contributed by atoms with Crippen LogP contribution < -0.4 is 20.5 Å². The maximum atomic E-state index is 12.7. The van der Waals surface area contributed by atoms with Gasteiger partial charge in [0, 0.05) is 28.9 Å². The molecule has 3 aromatic rings. The number of hydrogen-bond donors (Lipinski definition) is 2. The highest BCUT2D eigenvalue weighted by Gasteiger charge is 2.12. The first-order valence-corrected chi connectivity index (χ1v) is 9.88. The summed E-state index contributed by atoms with van der Waals surface area (Å²) in [7, 11) is 0. The van der Waals surface area contributed by atoms with Gasteiger partial charge in [0.2, 0.25) is 0 Å². The van der Waals surface area contributed by atoms with Crippen LogP contribution in [-0.4, -0.2) is 23.4 Å². The normalized spacial score (nSPS) is 10.1. The smallest absolute Gasteiger partial charge is 0.255 e. The minimum Gasteiger partial charge on any atom is -0.487 e. The van der Waals surface area contributed by atoms with E-state index in [0.29, 0.717) is 27.5 Å². The second-order valence-electron chi connectivity index (χ2n) is 6.66. The van der Waals surface area contributed by atoms with Gasteiger partial charge in [-0.2, -0.15) is 5.26 Å². The van der Waals surface area contributed by atoms with Gasteiger partial charge in [0.1, 0.15) is 18.1 Å². The van der Waals surface area contributed by atoms with Gasteiger partial charge in [-0.15, -0.1) is 0 Å². The molecular formula is C23H19ClN4O4. The topological polar surface area (TPSA) is 127 Å². The van der Waals surface area contributed by atoms with Gasteiger partial charge in [0.05, 0.1) is 17.3 Å². The molecule has 0 bridgehead atoms. The zero-order chi connectivity index (χ0) is 22.9. The van der Waals surface area contributed by atoms with E-state index in [1.807, 2.05) is 24.3 Å². The van der Waals surface area contributed by atoms with Crippen molar-refractivity contribution in [2.45, 2.75) is 13.2 Å². The number of nitrogens with zero attached hydrogens (tertiary/aromatic N) is 2. The van der Waals surface area contributed by atoms with E-state index in [0.717, 1.165) is 5.69 Å². The Morgan fingerprint density at radius 2 is 1.97 bits per heavy atom. The number of carbonyl (C=O) groups excluding carboxylic acids is 2. The molecule has 0 spiro atoms. The third-order valence-electron chi connectivity index (χ3n) is 4.25. The number of nitrogens with one attached hydrogen (secondary N) is 1. The number of halogens is 1. The number of nitriles is 1. The highest BCUT2D eigenvalue weighted by atomic mass is 35.5. The molecule has 8 nitrogen and oxygen atoms in total. The van der Waals surface area contributed by atoms with Crippen molar-refractivity contribution in [1.29, 1.82) is 5.26 Å². The molecule has 162 valence electrons. The lowest BCUT2D eigenvalue weighted by Gasteiger charge is -2.13. The van der Waals surface area contributed by atoms with Gasteiger partial charge >= 0.3 is 0 Å². The van der Waals surface area contributed by atoms with Crippen LogP contribution in [-0.2, 0) is 17.9 Å². The molecule has 0 radical (unpaired) electrons. The molecule has 0 saturated carbocycles. The first-order valence-electron chi connectivity index (χ1n) is 9.50. The van der Waals surface area contributed by atoms with Crippen molar-refractivity contribution in [3.05, 3.63) is 88.2 Å².